The van der Waals surface area contributed by atoms with Crippen LogP contribution >= 0.6 is 0 Å². The number of nitrogens with one attached hydrogen (secondary N) is 2. The second kappa shape index (κ2) is 10.3. The summed E-state index contributed by atoms with van der Waals surface area (Å²) in [6.07, 6.45) is 13.5. The molecule has 3 saturated carbocycles. The smallest absolute Gasteiger partial charge is 0.367 e. The van der Waals surface area contributed by atoms with Crippen molar-refractivity contribution in [1.82, 2.24) is 29.7 Å². The third kappa shape index (κ3) is 4.57. The zero-order valence-corrected chi connectivity index (χ0v) is 22.5. The minimum Gasteiger partial charge on any atom is -0.367 e. The highest BCUT2D eigenvalue weighted by Gasteiger charge is 2.45. The van der Waals surface area contributed by atoms with Gasteiger partial charge in [0, 0.05) is 19.2 Å². The SMILES string of the molecule is C=CC1CCC(Cn2c(C3(OCC)CCC3)nc3nc(-c4noc(=O)[nH]4)nc(NC(C)C4CCC4)c32)CC1. The van der Waals surface area contributed by atoms with E-state index in [0.29, 0.717) is 35.8 Å². The summed E-state index contributed by atoms with van der Waals surface area (Å²) in [4.78, 5) is 29.1. The summed E-state index contributed by atoms with van der Waals surface area (Å²) in [5.41, 5.74) is 1.12. The van der Waals surface area contributed by atoms with Gasteiger partial charge in [-0.05, 0) is 89.4 Å². The van der Waals surface area contributed by atoms with Crippen LogP contribution in [0.25, 0.3) is 22.8 Å². The summed E-state index contributed by atoms with van der Waals surface area (Å²) in [5, 5.41) is 7.57. The van der Waals surface area contributed by atoms with Crippen LogP contribution in [0.2, 0.25) is 0 Å². The number of allylic oxidation sites excluding steroid dienone is 1. The van der Waals surface area contributed by atoms with Crippen LogP contribution in [-0.4, -0.2) is 42.3 Å². The Morgan fingerprint density at radius 3 is 2.55 bits per heavy atom. The highest BCUT2D eigenvalue weighted by Crippen LogP contribution is 2.46. The second-order valence-corrected chi connectivity index (χ2v) is 11.5. The maximum Gasteiger partial charge on any atom is 0.439 e. The largest absolute Gasteiger partial charge is 0.439 e. The van der Waals surface area contributed by atoms with E-state index in [-0.39, 0.29) is 11.9 Å². The molecule has 3 heterocycles. The van der Waals surface area contributed by atoms with Crippen LogP contribution in [-0.2, 0) is 16.9 Å². The van der Waals surface area contributed by atoms with E-state index in [1.54, 1.807) is 0 Å². The standard InChI is InChI=1S/C28H39N7O3/c1-4-18-10-12-19(13-11-18)16-35-21-22(29-17(3)20-8-6-9-20)30-24(25-33-27(36)38-34-25)31-23(21)32-26(35)28(37-5-2)14-7-15-28/h4,17-20H,1,5-16H2,2-3H3,(H,29,30,31)(H,33,34,36). The summed E-state index contributed by atoms with van der Waals surface area (Å²) < 4.78 is 13.5. The molecule has 10 nitrogen and oxygen atoms in total. The predicted octanol–water partition coefficient (Wildman–Crippen LogP) is 5.18. The van der Waals surface area contributed by atoms with Crippen LogP contribution in [0.15, 0.2) is 22.0 Å². The number of ether oxygens (including phenoxy) is 1. The molecule has 3 fully saturated rings. The third-order valence-electron chi connectivity index (χ3n) is 9.13. The molecule has 0 aromatic carbocycles. The van der Waals surface area contributed by atoms with Gasteiger partial charge in [-0.1, -0.05) is 17.7 Å². The number of aromatic nitrogens is 6. The predicted molar refractivity (Wildman–Crippen MR) is 145 cm³/mol. The van der Waals surface area contributed by atoms with Crippen molar-refractivity contribution in [3.8, 4) is 11.6 Å². The van der Waals surface area contributed by atoms with Crippen molar-refractivity contribution in [2.24, 2.45) is 17.8 Å². The van der Waals surface area contributed by atoms with Gasteiger partial charge in [-0.15, -0.1) is 6.58 Å². The normalized spacial score (nSPS) is 24.1. The Labute approximate surface area is 222 Å². The lowest BCUT2D eigenvalue weighted by Crippen LogP contribution is -2.40. The Hall–Kier alpha value is -3.01. The lowest BCUT2D eigenvalue weighted by atomic mass is 9.78. The maximum atomic E-state index is 11.7. The van der Waals surface area contributed by atoms with E-state index in [1.807, 2.05) is 0 Å². The number of hydrogen-bond donors (Lipinski definition) is 2. The van der Waals surface area contributed by atoms with Crippen molar-refractivity contribution < 1.29 is 9.26 Å². The van der Waals surface area contributed by atoms with Crippen LogP contribution in [0.1, 0.15) is 83.9 Å². The lowest BCUT2D eigenvalue weighted by molar-refractivity contribution is -0.109. The third-order valence-corrected chi connectivity index (χ3v) is 9.13. The number of fused-ring (bicyclic) bond motifs is 1. The van der Waals surface area contributed by atoms with E-state index in [1.165, 1.54) is 32.1 Å². The molecule has 10 heteroatoms. The monoisotopic (exact) mass is 521 g/mol. The van der Waals surface area contributed by atoms with E-state index in [9.17, 15) is 4.79 Å². The highest BCUT2D eigenvalue weighted by atomic mass is 16.5. The first-order valence-corrected chi connectivity index (χ1v) is 14.4. The molecule has 0 bridgehead atoms. The van der Waals surface area contributed by atoms with E-state index >= 15 is 0 Å². The molecule has 0 radical (unpaired) electrons. The van der Waals surface area contributed by atoms with E-state index < -0.39 is 11.4 Å². The Morgan fingerprint density at radius 2 is 1.97 bits per heavy atom. The van der Waals surface area contributed by atoms with Gasteiger partial charge in [0.1, 0.15) is 16.9 Å². The fourth-order valence-corrected chi connectivity index (χ4v) is 6.44. The first-order chi connectivity index (χ1) is 18.5. The Kier molecular flexibility index (Phi) is 6.84. The fourth-order valence-electron chi connectivity index (χ4n) is 6.44. The molecule has 3 aliphatic carbocycles. The molecule has 1 unspecified atom stereocenters. The number of imidazole rings is 1. The summed E-state index contributed by atoms with van der Waals surface area (Å²) in [5.74, 6) is 3.33. The minimum absolute atomic E-state index is 0.207. The van der Waals surface area contributed by atoms with Gasteiger partial charge in [-0.2, -0.15) is 0 Å². The van der Waals surface area contributed by atoms with Crippen LogP contribution < -0.4 is 11.1 Å². The van der Waals surface area contributed by atoms with Gasteiger partial charge in [0.25, 0.3) is 0 Å². The van der Waals surface area contributed by atoms with Crippen LogP contribution in [0.4, 0.5) is 5.82 Å². The van der Waals surface area contributed by atoms with Gasteiger partial charge in [0.05, 0.1) is 0 Å². The molecule has 38 heavy (non-hydrogen) atoms. The van der Waals surface area contributed by atoms with Crippen molar-refractivity contribution in [1.29, 1.82) is 0 Å². The topological polar surface area (TPSA) is 124 Å². The van der Waals surface area contributed by atoms with Crippen molar-refractivity contribution in [3.63, 3.8) is 0 Å². The number of rotatable bonds is 10. The van der Waals surface area contributed by atoms with Gasteiger partial charge >= 0.3 is 5.76 Å². The highest BCUT2D eigenvalue weighted by molar-refractivity contribution is 5.86. The van der Waals surface area contributed by atoms with Crippen molar-refractivity contribution in [3.05, 3.63) is 29.0 Å². The zero-order chi connectivity index (χ0) is 26.3. The molecule has 2 N–H and O–H groups in total. The molecule has 3 aliphatic rings. The van der Waals surface area contributed by atoms with E-state index in [0.717, 1.165) is 55.8 Å². The Bertz CT molecular complexity index is 1340. The summed E-state index contributed by atoms with van der Waals surface area (Å²) in [7, 11) is 0. The summed E-state index contributed by atoms with van der Waals surface area (Å²) in [6.45, 7) is 9.79. The average molecular weight is 522 g/mol. The van der Waals surface area contributed by atoms with Crippen LogP contribution in [0.3, 0.4) is 0 Å². The molecule has 3 aromatic heterocycles. The molecule has 1 atom stereocenters. The summed E-state index contributed by atoms with van der Waals surface area (Å²) in [6, 6.07) is 0.255. The van der Waals surface area contributed by atoms with E-state index in [4.69, 9.17) is 24.2 Å². The molecular weight excluding hydrogens is 482 g/mol. The molecule has 204 valence electrons. The van der Waals surface area contributed by atoms with Crippen molar-refractivity contribution in [2.45, 2.75) is 96.2 Å². The second-order valence-electron chi connectivity index (χ2n) is 11.5. The average Bonchev–Trinajstić information content (AvgIpc) is 3.44. The molecule has 6 rings (SSSR count). The van der Waals surface area contributed by atoms with Gasteiger partial charge in [0.15, 0.2) is 11.5 Å². The van der Waals surface area contributed by atoms with Gasteiger partial charge in [0.2, 0.25) is 11.6 Å². The number of H-pyrrole nitrogens is 1. The molecule has 3 aromatic rings. The van der Waals surface area contributed by atoms with Crippen molar-refractivity contribution in [2.75, 3.05) is 11.9 Å². The molecule has 0 saturated heterocycles. The fraction of sp³-hybridized carbons (Fsp3) is 0.679. The molecular formula is C28H39N7O3. The molecule has 0 amide bonds. The van der Waals surface area contributed by atoms with E-state index in [2.05, 4.69) is 46.5 Å². The first kappa shape index (κ1) is 25.3. The minimum atomic E-state index is -0.632. The Balaban J connectivity index is 1.48. The maximum absolute atomic E-state index is 11.7. The first-order valence-electron chi connectivity index (χ1n) is 14.4. The van der Waals surface area contributed by atoms with Gasteiger partial charge < -0.3 is 14.6 Å². The Morgan fingerprint density at radius 1 is 1.18 bits per heavy atom. The number of aromatic amines is 1. The number of nitrogens with zero attached hydrogens (tertiary/aromatic N) is 5. The van der Waals surface area contributed by atoms with Crippen LogP contribution in [0.5, 0.6) is 0 Å². The number of hydrogen-bond acceptors (Lipinski definition) is 8. The van der Waals surface area contributed by atoms with Crippen molar-refractivity contribution >= 4 is 17.0 Å². The van der Waals surface area contributed by atoms with Gasteiger partial charge in [-0.25, -0.2) is 19.7 Å². The lowest BCUT2D eigenvalue weighted by Gasteiger charge is -2.41. The van der Waals surface area contributed by atoms with Crippen LogP contribution in [0, 0.1) is 17.8 Å². The molecule has 0 spiro atoms. The molecule has 0 aliphatic heterocycles. The quantitative estimate of drug-likeness (QED) is 0.350. The zero-order valence-electron chi connectivity index (χ0n) is 22.5. The van der Waals surface area contributed by atoms with Gasteiger partial charge in [-0.3, -0.25) is 9.51 Å². The summed E-state index contributed by atoms with van der Waals surface area (Å²) >= 11 is 0. The number of anilines is 1.